The largest absolute Gasteiger partial charge is 0.395 e. The number of hydrogen-bond donors (Lipinski definition) is 2. The van der Waals surface area contributed by atoms with E-state index in [2.05, 4.69) is 5.32 Å². The van der Waals surface area contributed by atoms with Crippen molar-refractivity contribution in [1.29, 1.82) is 0 Å². The van der Waals surface area contributed by atoms with Gasteiger partial charge in [0.05, 0.1) is 12.4 Å². The van der Waals surface area contributed by atoms with Gasteiger partial charge in [-0.1, -0.05) is 6.92 Å². The van der Waals surface area contributed by atoms with Crippen LogP contribution in [-0.4, -0.2) is 34.4 Å². The van der Waals surface area contributed by atoms with Gasteiger partial charge in [-0.2, -0.15) is 0 Å². The lowest BCUT2D eigenvalue weighted by molar-refractivity contribution is -0.113. The second-order valence-corrected chi connectivity index (χ2v) is 5.41. The quantitative estimate of drug-likeness (QED) is 0.773. The van der Waals surface area contributed by atoms with Gasteiger partial charge in [0.25, 0.3) is 0 Å². The van der Waals surface area contributed by atoms with Gasteiger partial charge in [0.15, 0.2) is 5.78 Å². The zero-order chi connectivity index (χ0) is 13.5. The molecule has 0 aromatic heterocycles. The van der Waals surface area contributed by atoms with Crippen molar-refractivity contribution in [2.45, 2.75) is 19.1 Å². The molecule has 1 atom stereocenters. The van der Waals surface area contributed by atoms with Crippen molar-refractivity contribution in [3.8, 4) is 0 Å². The molecule has 2 N–H and O–H groups in total. The van der Waals surface area contributed by atoms with Gasteiger partial charge in [-0.25, -0.2) is 0 Å². The van der Waals surface area contributed by atoms with Crippen molar-refractivity contribution >= 4 is 29.1 Å². The Hall–Kier alpha value is -1.33. The Morgan fingerprint density at radius 1 is 1.33 bits per heavy atom. The first-order valence-electron chi connectivity index (χ1n) is 5.66. The zero-order valence-electron chi connectivity index (χ0n) is 10.5. The van der Waals surface area contributed by atoms with Crippen molar-refractivity contribution in [2.24, 2.45) is 0 Å². The predicted octanol–water partition coefficient (Wildman–Crippen LogP) is 1.94. The van der Waals surface area contributed by atoms with Gasteiger partial charge in [-0.05, 0) is 31.2 Å². The van der Waals surface area contributed by atoms with Crippen LogP contribution in [0.1, 0.15) is 24.2 Å². The van der Waals surface area contributed by atoms with Crippen LogP contribution < -0.4 is 5.32 Å². The SMILES string of the molecule is CC(=O)c1ccc(NC(=O)CSC(C)CO)cc1. The second kappa shape index (κ2) is 7.18. The zero-order valence-corrected chi connectivity index (χ0v) is 11.3. The van der Waals surface area contributed by atoms with Gasteiger partial charge >= 0.3 is 0 Å². The highest BCUT2D eigenvalue weighted by atomic mass is 32.2. The van der Waals surface area contributed by atoms with Gasteiger partial charge in [-0.3, -0.25) is 9.59 Å². The van der Waals surface area contributed by atoms with Crippen LogP contribution in [0.4, 0.5) is 5.69 Å². The number of carbonyl (C=O) groups is 2. The summed E-state index contributed by atoms with van der Waals surface area (Å²) in [5.41, 5.74) is 1.29. The maximum Gasteiger partial charge on any atom is 0.234 e. The third-order valence-electron chi connectivity index (χ3n) is 2.33. The topological polar surface area (TPSA) is 66.4 Å². The Bertz CT molecular complexity index is 417. The minimum absolute atomic E-state index is 0.000188. The molecule has 1 aromatic rings. The molecule has 1 amide bonds. The Morgan fingerprint density at radius 2 is 1.94 bits per heavy atom. The number of Topliss-reactive ketones (excluding diaryl/α,β-unsaturated/α-hetero) is 1. The summed E-state index contributed by atoms with van der Waals surface area (Å²) in [6.45, 7) is 3.42. The molecule has 1 aromatic carbocycles. The summed E-state index contributed by atoms with van der Waals surface area (Å²) in [5, 5.41) is 11.6. The number of benzene rings is 1. The molecule has 0 bridgehead atoms. The molecule has 0 saturated carbocycles. The minimum atomic E-state index is -0.115. The van der Waals surface area contributed by atoms with Crippen LogP contribution >= 0.6 is 11.8 Å². The van der Waals surface area contributed by atoms with E-state index in [1.807, 2.05) is 6.92 Å². The number of carbonyl (C=O) groups excluding carboxylic acids is 2. The average molecular weight is 267 g/mol. The van der Waals surface area contributed by atoms with E-state index in [4.69, 9.17) is 5.11 Å². The fraction of sp³-hybridized carbons (Fsp3) is 0.385. The third-order valence-corrected chi connectivity index (χ3v) is 3.48. The van der Waals surface area contributed by atoms with Gasteiger partial charge in [0.2, 0.25) is 5.91 Å². The van der Waals surface area contributed by atoms with E-state index in [1.165, 1.54) is 18.7 Å². The fourth-order valence-electron chi connectivity index (χ4n) is 1.26. The highest BCUT2D eigenvalue weighted by Gasteiger charge is 2.07. The molecular formula is C13H17NO3S. The van der Waals surface area contributed by atoms with E-state index in [1.54, 1.807) is 24.3 Å². The lowest BCUT2D eigenvalue weighted by atomic mass is 10.1. The summed E-state index contributed by atoms with van der Waals surface area (Å²) in [4.78, 5) is 22.6. The van der Waals surface area contributed by atoms with Crippen LogP contribution in [0.2, 0.25) is 0 Å². The first kappa shape index (κ1) is 14.7. The molecule has 0 fully saturated rings. The Morgan fingerprint density at radius 3 is 2.44 bits per heavy atom. The van der Waals surface area contributed by atoms with E-state index < -0.39 is 0 Å². The molecule has 1 unspecified atom stereocenters. The van der Waals surface area contributed by atoms with Gasteiger partial charge in [0.1, 0.15) is 0 Å². The van der Waals surface area contributed by atoms with Crippen molar-refractivity contribution in [1.82, 2.24) is 0 Å². The summed E-state index contributed by atoms with van der Waals surface area (Å²) in [6.07, 6.45) is 0. The number of rotatable bonds is 6. The molecule has 4 nitrogen and oxygen atoms in total. The lowest BCUT2D eigenvalue weighted by Crippen LogP contribution is -2.16. The number of aliphatic hydroxyl groups is 1. The Kier molecular flexibility index (Phi) is 5.88. The summed E-state index contributed by atoms with van der Waals surface area (Å²) in [7, 11) is 0. The van der Waals surface area contributed by atoms with Crippen LogP contribution in [0, 0.1) is 0 Å². The Balaban J connectivity index is 2.47. The molecule has 18 heavy (non-hydrogen) atoms. The van der Waals surface area contributed by atoms with E-state index in [0.717, 1.165) is 0 Å². The number of ketones is 1. The Labute approximate surface area is 111 Å². The van der Waals surface area contributed by atoms with Crippen LogP contribution in [0.3, 0.4) is 0 Å². The molecule has 0 radical (unpaired) electrons. The van der Waals surface area contributed by atoms with Gasteiger partial charge in [0, 0.05) is 16.5 Å². The minimum Gasteiger partial charge on any atom is -0.395 e. The molecule has 1 rings (SSSR count). The van der Waals surface area contributed by atoms with Crippen molar-refractivity contribution in [2.75, 3.05) is 17.7 Å². The highest BCUT2D eigenvalue weighted by Crippen LogP contribution is 2.13. The molecule has 0 heterocycles. The molecule has 5 heteroatoms. The van der Waals surface area contributed by atoms with Crippen molar-refractivity contribution in [3.05, 3.63) is 29.8 Å². The average Bonchev–Trinajstić information content (AvgIpc) is 2.36. The number of thioether (sulfide) groups is 1. The lowest BCUT2D eigenvalue weighted by Gasteiger charge is -2.08. The summed E-state index contributed by atoms with van der Waals surface area (Å²) >= 11 is 1.40. The number of aliphatic hydroxyl groups excluding tert-OH is 1. The van der Waals surface area contributed by atoms with Gasteiger partial charge < -0.3 is 10.4 Å². The molecular weight excluding hydrogens is 250 g/mol. The van der Waals surface area contributed by atoms with E-state index in [9.17, 15) is 9.59 Å². The van der Waals surface area contributed by atoms with Crippen molar-refractivity contribution in [3.63, 3.8) is 0 Å². The molecule has 98 valence electrons. The maximum atomic E-state index is 11.6. The molecule has 0 saturated heterocycles. The van der Waals surface area contributed by atoms with Crippen LogP contribution in [0.5, 0.6) is 0 Å². The molecule has 0 aliphatic rings. The molecule has 0 spiro atoms. The van der Waals surface area contributed by atoms with E-state index in [-0.39, 0.29) is 23.5 Å². The van der Waals surface area contributed by atoms with Crippen LogP contribution in [-0.2, 0) is 4.79 Å². The summed E-state index contributed by atoms with van der Waals surface area (Å²) in [5.74, 6) is 0.187. The van der Waals surface area contributed by atoms with Crippen molar-refractivity contribution < 1.29 is 14.7 Å². The van der Waals surface area contributed by atoms with E-state index >= 15 is 0 Å². The number of anilines is 1. The molecule has 0 aliphatic heterocycles. The highest BCUT2D eigenvalue weighted by molar-refractivity contribution is 8.00. The number of hydrogen-bond acceptors (Lipinski definition) is 4. The predicted molar refractivity (Wildman–Crippen MR) is 74.1 cm³/mol. The second-order valence-electron chi connectivity index (χ2n) is 3.99. The van der Waals surface area contributed by atoms with Gasteiger partial charge in [-0.15, -0.1) is 11.8 Å². The first-order chi connectivity index (χ1) is 8.52. The summed E-state index contributed by atoms with van der Waals surface area (Å²) in [6, 6.07) is 6.77. The third kappa shape index (κ3) is 4.89. The first-order valence-corrected chi connectivity index (χ1v) is 6.71. The standard InChI is InChI=1S/C13H17NO3S/c1-9(7-15)18-8-13(17)14-12-5-3-11(4-6-12)10(2)16/h3-6,9,15H,7-8H2,1-2H3,(H,14,17). The summed E-state index contributed by atoms with van der Waals surface area (Å²) < 4.78 is 0. The van der Waals surface area contributed by atoms with Crippen LogP contribution in [0.25, 0.3) is 0 Å². The van der Waals surface area contributed by atoms with E-state index in [0.29, 0.717) is 17.0 Å². The smallest absolute Gasteiger partial charge is 0.234 e. The number of nitrogens with one attached hydrogen (secondary N) is 1. The number of amides is 1. The maximum absolute atomic E-state index is 11.6. The van der Waals surface area contributed by atoms with Crippen LogP contribution in [0.15, 0.2) is 24.3 Å². The monoisotopic (exact) mass is 267 g/mol. The normalized spacial score (nSPS) is 11.9. The fourth-order valence-corrected chi connectivity index (χ4v) is 1.87. The molecule has 0 aliphatic carbocycles.